The number of carbonyl (C=O) groups is 1. The molecule has 0 atom stereocenters. The van der Waals surface area contributed by atoms with Gasteiger partial charge in [0.2, 0.25) is 0 Å². The van der Waals surface area contributed by atoms with Crippen LogP contribution in [0, 0.1) is 12.7 Å². The average Bonchev–Trinajstić information content (AvgIpc) is 2.81. The molecule has 21 heavy (non-hydrogen) atoms. The summed E-state index contributed by atoms with van der Waals surface area (Å²) in [6.45, 7) is 5.69. The lowest BCUT2D eigenvalue weighted by molar-refractivity contribution is 0.0542. The maximum Gasteiger partial charge on any atom is 0.361 e. The van der Waals surface area contributed by atoms with E-state index in [0.29, 0.717) is 16.7 Å². The SMILES string of the molecule is C=CCOC(=O)c1nnn(Cc2ccc(F)cc2Br)c1C. The normalized spacial score (nSPS) is 10.4. The second-order valence-corrected chi connectivity index (χ2v) is 5.16. The first-order valence-electron chi connectivity index (χ1n) is 6.15. The number of benzene rings is 1. The summed E-state index contributed by atoms with van der Waals surface area (Å²) in [5.41, 5.74) is 1.57. The Morgan fingerprint density at radius 3 is 3.00 bits per heavy atom. The van der Waals surface area contributed by atoms with Gasteiger partial charge in [0.05, 0.1) is 12.2 Å². The predicted molar refractivity (Wildman–Crippen MR) is 78.4 cm³/mol. The lowest BCUT2D eigenvalue weighted by Crippen LogP contribution is -2.09. The lowest BCUT2D eigenvalue weighted by Gasteiger charge is -2.06. The van der Waals surface area contributed by atoms with Crippen molar-refractivity contribution < 1.29 is 13.9 Å². The number of nitrogens with zero attached hydrogens (tertiary/aromatic N) is 3. The van der Waals surface area contributed by atoms with Gasteiger partial charge < -0.3 is 4.74 Å². The maximum absolute atomic E-state index is 13.1. The third-order valence-corrected chi connectivity index (χ3v) is 3.58. The maximum atomic E-state index is 13.1. The van der Waals surface area contributed by atoms with Crippen molar-refractivity contribution in [3.8, 4) is 0 Å². The number of esters is 1. The minimum Gasteiger partial charge on any atom is -0.457 e. The van der Waals surface area contributed by atoms with Gasteiger partial charge in [-0.25, -0.2) is 13.9 Å². The molecule has 1 aromatic carbocycles. The third kappa shape index (κ3) is 3.55. The van der Waals surface area contributed by atoms with Crippen molar-refractivity contribution in [1.82, 2.24) is 15.0 Å². The van der Waals surface area contributed by atoms with Crippen LogP contribution >= 0.6 is 15.9 Å². The van der Waals surface area contributed by atoms with Gasteiger partial charge in [-0.2, -0.15) is 0 Å². The van der Waals surface area contributed by atoms with E-state index in [1.54, 1.807) is 17.7 Å². The van der Waals surface area contributed by atoms with Gasteiger partial charge in [-0.1, -0.05) is 39.9 Å². The predicted octanol–water partition coefficient (Wildman–Crippen LogP) is 2.88. The Bertz CT molecular complexity index is 685. The van der Waals surface area contributed by atoms with Crippen LogP contribution in [-0.2, 0) is 11.3 Å². The second-order valence-electron chi connectivity index (χ2n) is 4.30. The van der Waals surface area contributed by atoms with Crippen molar-refractivity contribution in [3.05, 3.63) is 58.1 Å². The summed E-state index contributed by atoms with van der Waals surface area (Å²) in [5.74, 6) is -0.869. The lowest BCUT2D eigenvalue weighted by atomic mass is 10.2. The molecule has 5 nitrogen and oxygen atoms in total. The molecule has 1 heterocycles. The topological polar surface area (TPSA) is 57.0 Å². The molecule has 0 unspecified atom stereocenters. The summed E-state index contributed by atoms with van der Waals surface area (Å²) in [6, 6.07) is 4.39. The van der Waals surface area contributed by atoms with Crippen LogP contribution in [0.5, 0.6) is 0 Å². The minimum atomic E-state index is -0.545. The van der Waals surface area contributed by atoms with Crippen molar-refractivity contribution >= 4 is 21.9 Å². The molecular formula is C14H13BrFN3O2. The van der Waals surface area contributed by atoms with E-state index in [2.05, 4.69) is 32.8 Å². The van der Waals surface area contributed by atoms with Crippen LogP contribution < -0.4 is 0 Å². The molecule has 0 amide bonds. The molecule has 0 bridgehead atoms. The molecule has 1 aromatic heterocycles. The molecule has 0 aliphatic carbocycles. The summed E-state index contributed by atoms with van der Waals surface area (Å²) in [4.78, 5) is 11.8. The number of aromatic nitrogens is 3. The molecule has 2 rings (SSSR count). The zero-order chi connectivity index (χ0) is 15.4. The van der Waals surface area contributed by atoms with Crippen LogP contribution in [-0.4, -0.2) is 27.6 Å². The van der Waals surface area contributed by atoms with Crippen molar-refractivity contribution in [3.63, 3.8) is 0 Å². The van der Waals surface area contributed by atoms with Crippen LogP contribution in [0.15, 0.2) is 35.3 Å². The Balaban J connectivity index is 2.20. The fourth-order valence-corrected chi connectivity index (χ4v) is 2.19. The van der Waals surface area contributed by atoms with Gasteiger partial charge in [0.15, 0.2) is 5.69 Å². The minimum absolute atomic E-state index is 0.120. The van der Waals surface area contributed by atoms with Gasteiger partial charge in [0.1, 0.15) is 12.4 Å². The molecule has 0 spiro atoms. The fourth-order valence-electron chi connectivity index (χ4n) is 1.71. The Morgan fingerprint density at radius 1 is 1.57 bits per heavy atom. The van der Waals surface area contributed by atoms with E-state index in [9.17, 15) is 9.18 Å². The molecule has 0 aliphatic heterocycles. The first kappa shape index (κ1) is 15.4. The number of carbonyl (C=O) groups excluding carboxylic acids is 1. The Labute approximate surface area is 129 Å². The molecule has 0 radical (unpaired) electrons. The molecule has 0 saturated heterocycles. The van der Waals surface area contributed by atoms with E-state index < -0.39 is 5.97 Å². The summed E-state index contributed by atoms with van der Waals surface area (Å²) in [7, 11) is 0. The van der Waals surface area contributed by atoms with E-state index >= 15 is 0 Å². The van der Waals surface area contributed by atoms with Crippen LogP contribution in [0.1, 0.15) is 21.7 Å². The molecule has 0 saturated carbocycles. The summed E-state index contributed by atoms with van der Waals surface area (Å²) in [5, 5.41) is 7.76. The summed E-state index contributed by atoms with van der Waals surface area (Å²) < 4.78 is 20.2. The zero-order valence-electron chi connectivity index (χ0n) is 11.3. The monoisotopic (exact) mass is 353 g/mol. The number of rotatable bonds is 5. The highest BCUT2D eigenvalue weighted by atomic mass is 79.9. The molecule has 7 heteroatoms. The van der Waals surface area contributed by atoms with Crippen molar-refractivity contribution in [1.29, 1.82) is 0 Å². The number of hydrogen-bond acceptors (Lipinski definition) is 4. The molecule has 0 aliphatic rings. The second kappa shape index (κ2) is 6.62. The smallest absolute Gasteiger partial charge is 0.361 e. The highest BCUT2D eigenvalue weighted by Crippen LogP contribution is 2.19. The number of hydrogen-bond donors (Lipinski definition) is 0. The van der Waals surface area contributed by atoms with Gasteiger partial charge in [-0.15, -0.1) is 5.10 Å². The summed E-state index contributed by atoms with van der Waals surface area (Å²) in [6.07, 6.45) is 1.48. The largest absolute Gasteiger partial charge is 0.457 e. The van der Waals surface area contributed by atoms with Crippen LogP contribution in [0.4, 0.5) is 4.39 Å². The quantitative estimate of drug-likeness (QED) is 0.612. The summed E-state index contributed by atoms with van der Waals surface area (Å²) >= 11 is 3.29. The first-order valence-corrected chi connectivity index (χ1v) is 6.94. The first-order chi connectivity index (χ1) is 10.0. The van der Waals surface area contributed by atoms with Crippen LogP contribution in [0.2, 0.25) is 0 Å². The van der Waals surface area contributed by atoms with Crippen molar-refractivity contribution in [2.24, 2.45) is 0 Å². The molecular weight excluding hydrogens is 341 g/mol. The van der Waals surface area contributed by atoms with E-state index in [-0.39, 0.29) is 18.1 Å². The number of ether oxygens (including phenoxy) is 1. The third-order valence-electron chi connectivity index (χ3n) is 2.84. The van der Waals surface area contributed by atoms with E-state index in [1.165, 1.54) is 18.2 Å². The molecule has 2 aromatic rings. The van der Waals surface area contributed by atoms with Crippen molar-refractivity contribution in [2.45, 2.75) is 13.5 Å². The Morgan fingerprint density at radius 2 is 2.33 bits per heavy atom. The van der Waals surface area contributed by atoms with Gasteiger partial charge in [0.25, 0.3) is 0 Å². The van der Waals surface area contributed by atoms with Gasteiger partial charge in [-0.3, -0.25) is 0 Å². The zero-order valence-corrected chi connectivity index (χ0v) is 12.9. The van der Waals surface area contributed by atoms with Gasteiger partial charge in [0, 0.05) is 4.47 Å². The molecule has 0 N–H and O–H groups in total. The van der Waals surface area contributed by atoms with Crippen molar-refractivity contribution in [2.75, 3.05) is 6.61 Å². The van der Waals surface area contributed by atoms with Gasteiger partial charge >= 0.3 is 5.97 Å². The highest BCUT2D eigenvalue weighted by molar-refractivity contribution is 9.10. The Hall–Kier alpha value is -2.02. The average molecular weight is 354 g/mol. The van der Waals surface area contributed by atoms with Crippen LogP contribution in [0.25, 0.3) is 0 Å². The van der Waals surface area contributed by atoms with E-state index in [4.69, 9.17) is 4.74 Å². The van der Waals surface area contributed by atoms with E-state index in [0.717, 1.165) is 5.56 Å². The standard InChI is InChI=1S/C14H13BrFN3O2/c1-3-6-21-14(20)13-9(2)19(18-17-13)8-10-4-5-11(16)7-12(10)15/h3-5,7H,1,6,8H2,2H3. The van der Waals surface area contributed by atoms with E-state index in [1.807, 2.05) is 0 Å². The van der Waals surface area contributed by atoms with Gasteiger partial charge in [-0.05, 0) is 24.6 Å². The highest BCUT2D eigenvalue weighted by Gasteiger charge is 2.18. The molecule has 0 fully saturated rings. The fraction of sp³-hybridized carbons (Fsp3) is 0.214. The molecule has 110 valence electrons. The van der Waals surface area contributed by atoms with Crippen LogP contribution in [0.3, 0.4) is 0 Å². The Kier molecular flexibility index (Phi) is 4.85. The number of halogens is 2.